The van der Waals surface area contributed by atoms with Crippen LogP contribution in [-0.4, -0.2) is 42.0 Å². The predicted molar refractivity (Wildman–Crippen MR) is 76.1 cm³/mol. The molecule has 1 aromatic rings. The van der Waals surface area contributed by atoms with Crippen LogP contribution in [0.5, 0.6) is 11.6 Å². The van der Waals surface area contributed by atoms with Crippen molar-refractivity contribution < 1.29 is 22.6 Å². The molecule has 7 heteroatoms. The second-order valence-corrected chi connectivity index (χ2v) is 5.45. The van der Waals surface area contributed by atoms with E-state index in [-0.39, 0.29) is 11.4 Å². The van der Waals surface area contributed by atoms with Crippen LogP contribution in [0.4, 0.5) is 13.2 Å². The van der Waals surface area contributed by atoms with Gasteiger partial charge in [0, 0.05) is 37.9 Å². The molecule has 4 nitrogen and oxygen atoms in total. The van der Waals surface area contributed by atoms with Gasteiger partial charge in [-0.15, -0.1) is 13.2 Å². The molecule has 1 spiro atoms. The summed E-state index contributed by atoms with van der Waals surface area (Å²) in [6, 6.07) is 1.38. The number of fused-ring (bicyclic) bond motifs is 1. The number of halogens is 3. The third kappa shape index (κ3) is 3.82. The van der Waals surface area contributed by atoms with Crippen molar-refractivity contribution in [2.24, 2.45) is 0 Å². The van der Waals surface area contributed by atoms with Gasteiger partial charge in [-0.3, -0.25) is 0 Å². The fourth-order valence-electron chi connectivity index (χ4n) is 2.78. The molecule has 0 N–H and O–H groups in total. The highest BCUT2D eigenvalue weighted by Gasteiger charge is 2.42. The van der Waals surface area contributed by atoms with Crippen LogP contribution in [0.15, 0.2) is 12.3 Å². The normalized spacial score (nSPS) is 19.9. The lowest BCUT2D eigenvalue weighted by atomic mass is 9.87. The Balaban J connectivity index is 0.000000847. The molecule has 3 rings (SSSR count). The summed E-state index contributed by atoms with van der Waals surface area (Å²) in [5.74, 6) is 0.147. The van der Waals surface area contributed by atoms with Gasteiger partial charge in [-0.2, -0.15) is 0 Å². The summed E-state index contributed by atoms with van der Waals surface area (Å²) in [7, 11) is 2.04. The van der Waals surface area contributed by atoms with Gasteiger partial charge in [0.2, 0.25) is 5.88 Å². The number of hydrogen-bond acceptors (Lipinski definition) is 4. The van der Waals surface area contributed by atoms with Crippen molar-refractivity contribution in [2.75, 3.05) is 20.1 Å². The predicted octanol–water partition coefficient (Wildman–Crippen LogP) is 3.41. The first-order valence-electron chi connectivity index (χ1n) is 7.48. The minimum Gasteiger partial charge on any atom is -0.470 e. The van der Waals surface area contributed by atoms with Crippen LogP contribution >= 0.6 is 0 Å². The van der Waals surface area contributed by atoms with E-state index in [1.54, 1.807) is 0 Å². The molecule has 0 aliphatic carbocycles. The molecule has 0 unspecified atom stereocenters. The average molecular weight is 318 g/mol. The number of rotatable bonds is 1. The minimum absolute atomic E-state index is 0.287. The first-order valence-corrected chi connectivity index (χ1v) is 7.48. The summed E-state index contributed by atoms with van der Waals surface area (Å²) >= 11 is 0. The zero-order chi connectivity index (χ0) is 16.4. The topological polar surface area (TPSA) is 34.6 Å². The van der Waals surface area contributed by atoms with E-state index in [2.05, 4.69) is 14.6 Å². The van der Waals surface area contributed by atoms with E-state index in [1.807, 2.05) is 20.9 Å². The van der Waals surface area contributed by atoms with Crippen LogP contribution in [0.3, 0.4) is 0 Å². The average Bonchev–Trinajstić information content (AvgIpc) is 2.80. The summed E-state index contributed by atoms with van der Waals surface area (Å²) < 4.78 is 46.4. The molecule has 0 bridgehead atoms. The molecule has 0 radical (unpaired) electrons. The van der Waals surface area contributed by atoms with Crippen molar-refractivity contribution in [3.05, 3.63) is 17.8 Å². The molecular weight excluding hydrogens is 297 g/mol. The minimum atomic E-state index is -4.69. The number of piperidine rings is 1. The van der Waals surface area contributed by atoms with E-state index >= 15 is 0 Å². The number of alkyl halides is 3. The molecule has 2 aliphatic heterocycles. The molecule has 0 saturated carbocycles. The lowest BCUT2D eigenvalue weighted by Crippen LogP contribution is -2.45. The second-order valence-electron chi connectivity index (χ2n) is 5.45. The van der Waals surface area contributed by atoms with Crippen LogP contribution in [-0.2, 0) is 6.42 Å². The van der Waals surface area contributed by atoms with E-state index in [4.69, 9.17) is 4.74 Å². The van der Waals surface area contributed by atoms with Crippen molar-refractivity contribution >= 4 is 0 Å². The maximum absolute atomic E-state index is 12.2. The molecule has 1 aromatic heterocycles. The molecule has 124 valence electrons. The first-order chi connectivity index (χ1) is 10.4. The highest BCUT2D eigenvalue weighted by Crippen LogP contribution is 2.41. The Morgan fingerprint density at radius 3 is 2.50 bits per heavy atom. The molecule has 22 heavy (non-hydrogen) atoms. The zero-order valence-electron chi connectivity index (χ0n) is 13.0. The summed E-state index contributed by atoms with van der Waals surface area (Å²) in [4.78, 5) is 6.16. The van der Waals surface area contributed by atoms with Gasteiger partial charge in [0.1, 0.15) is 11.4 Å². The fourth-order valence-corrected chi connectivity index (χ4v) is 2.78. The van der Waals surface area contributed by atoms with E-state index in [1.165, 1.54) is 6.07 Å². The summed E-state index contributed by atoms with van der Waals surface area (Å²) in [6.07, 6.45) is -1.33. The maximum atomic E-state index is 12.2. The third-order valence-corrected chi connectivity index (χ3v) is 3.86. The largest absolute Gasteiger partial charge is 0.573 e. The highest BCUT2D eigenvalue weighted by atomic mass is 19.4. The lowest BCUT2D eigenvalue weighted by Gasteiger charge is -2.36. The fraction of sp³-hybridized carbons (Fsp3) is 0.667. The number of pyridine rings is 1. The van der Waals surface area contributed by atoms with Crippen LogP contribution in [0.1, 0.15) is 32.3 Å². The van der Waals surface area contributed by atoms with Gasteiger partial charge in [-0.1, -0.05) is 13.8 Å². The Bertz CT molecular complexity index is 512. The Hall–Kier alpha value is -1.50. The van der Waals surface area contributed by atoms with Crippen LogP contribution in [0.2, 0.25) is 0 Å². The number of nitrogens with zero attached hydrogens (tertiary/aromatic N) is 2. The zero-order valence-corrected chi connectivity index (χ0v) is 13.0. The lowest BCUT2D eigenvalue weighted by molar-refractivity contribution is -0.274. The molecule has 0 aromatic carbocycles. The Labute approximate surface area is 128 Å². The van der Waals surface area contributed by atoms with Crippen molar-refractivity contribution in [3.63, 3.8) is 0 Å². The number of ether oxygens (including phenoxy) is 2. The first kappa shape index (κ1) is 16.9. The molecule has 1 fully saturated rings. The maximum Gasteiger partial charge on any atom is 0.573 e. The molecule has 2 aliphatic rings. The van der Waals surface area contributed by atoms with Gasteiger partial charge in [0.05, 0.1) is 6.20 Å². The monoisotopic (exact) mass is 318 g/mol. The van der Waals surface area contributed by atoms with E-state index < -0.39 is 6.36 Å². The smallest absolute Gasteiger partial charge is 0.470 e. The van der Waals surface area contributed by atoms with Crippen molar-refractivity contribution in [1.82, 2.24) is 9.88 Å². The van der Waals surface area contributed by atoms with Gasteiger partial charge >= 0.3 is 6.36 Å². The molecule has 0 amide bonds. The second kappa shape index (κ2) is 6.32. The molecule has 0 atom stereocenters. The summed E-state index contributed by atoms with van der Waals surface area (Å²) in [6.45, 7) is 5.83. The number of aromatic nitrogens is 1. The van der Waals surface area contributed by atoms with Crippen LogP contribution < -0.4 is 9.47 Å². The third-order valence-electron chi connectivity index (χ3n) is 3.86. The standard InChI is InChI=1S/C13H15F3N2O2.C2H6/c1-18-4-2-12(3-5-18)7-9-6-10(19-13(14,15)16)8-17-11(9)20-12;1-2/h6,8H,2-5,7H2,1H3;1-2H3. The number of likely N-dealkylation sites (tertiary alicyclic amines) is 1. The van der Waals surface area contributed by atoms with Gasteiger partial charge < -0.3 is 14.4 Å². The van der Waals surface area contributed by atoms with Crippen LogP contribution in [0, 0.1) is 0 Å². The summed E-state index contributed by atoms with van der Waals surface area (Å²) in [5, 5.41) is 0. The molecular formula is C15H21F3N2O2. The van der Waals surface area contributed by atoms with Crippen molar-refractivity contribution in [3.8, 4) is 11.6 Å². The van der Waals surface area contributed by atoms with Crippen LogP contribution in [0.25, 0.3) is 0 Å². The SMILES string of the molecule is CC.CN1CCC2(CC1)Cc1cc(OC(F)(F)F)cnc1O2. The van der Waals surface area contributed by atoms with Gasteiger partial charge in [0.15, 0.2) is 0 Å². The quantitative estimate of drug-likeness (QED) is 0.795. The van der Waals surface area contributed by atoms with E-state index in [0.29, 0.717) is 17.9 Å². The van der Waals surface area contributed by atoms with Gasteiger partial charge in [-0.25, -0.2) is 4.98 Å². The number of hydrogen-bond donors (Lipinski definition) is 0. The Kier molecular flexibility index (Phi) is 4.84. The van der Waals surface area contributed by atoms with E-state index in [9.17, 15) is 13.2 Å². The summed E-state index contributed by atoms with van der Waals surface area (Å²) in [5.41, 5.74) is 0.384. The van der Waals surface area contributed by atoms with Gasteiger partial charge in [-0.05, 0) is 13.1 Å². The molecule has 1 saturated heterocycles. The van der Waals surface area contributed by atoms with Gasteiger partial charge in [0.25, 0.3) is 0 Å². The van der Waals surface area contributed by atoms with E-state index in [0.717, 1.165) is 32.1 Å². The van der Waals surface area contributed by atoms with Crippen molar-refractivity contribution in [1.29, 1.82) is 0 Å². The Morgan fingerprint density at radius 1 is 1.27 bits per heavy atom. The van der Waals surface area contributed by atoms with Crippen molar-refractivity contribution in [2.45, 2.75) is 45.1 Å². The molecule has 3 heterocycles. The Morgan fingerprint density at radius 2 is 1.91 bits per heavy atom. The highest BCUT2D eigenvalue weighted by molar-refractivity contribution is 5.38.